The Morgan fingerprint density at radius 3 is 2.79 bits per heavy atom. The first-order valence-electron chi connectivity index (χ1n) is 4.48. The molecule has 1 rings (SSSR count). The first-order valence-corrected chi connectivity index (χ1v) is 4.48. The van der Waals surface area contributed by atoms with Crippen LogP contribution >= 0.6 is 0 Å². The zero-order valence-corrected chi connectivity index (χ0v) is 7.99. The highest BCUT2D eigenvalue weighted by molar-refractivity contribution is 5.78. The van der Waals surface area contributed by atoms with Crippen molar-refractivity contribution in [2.24, 2.45) is 0 Å². The molecule has 0 saturated heterocycles. The molecule has 0 unspecified atom stereocenters. The highest BCUT2D eigenvalue weighted by atomic mass is 16.1. The summed E-state index contributed by atoms with van der Waals surface area (Å²) in [6, 6.07) is 9.65. The van der Waals surface area contributed by atoms with Gasteiger partial charge in [0.15, 0.2) is 0 Å². The van der Waals surface area contributed by atoms with Crippen molar-refractivity contribution in [3.05, 3.63) is 54.3 Å². The maximum atomic E-state index is 11.3. The monoisotopic (exact) mass is 187 g/mol. The van der Waals surface area contributed by atoms with Crippen molar-refractivity contribution < 1.29 is 4.79 Å². The lowest BCUT2D eigenvalue weighted by molar-refractivity contribution is -0.120. The lowest BCUT2D eigenvalue weighted by Crippen LogP contribution is -2.24. The van der Waals surface area contributed by atoms with Gasteiger partial charge in [-0.2, -0.15) is 0 Å². The van der Waals surface area contributed by atoms with Gasteiger partial charge >= 0.3 is 0 Å². The van der Waals surface area contributed by atoms with Gasteiger partial charge in [-0.15, -0.1) is 5.73 Å². The molecule has 2 heteroatoms. The molecule has 0 aromatic heterocycles. The molecule has 1 aromatic rings. The van der Waals surface area contributed by atoms with Gasteiger partial charge in [-0.3, -0.25) is 4.79 Å². The molecule has 1 aromatic carbocycles. The Morgan fingerprint density at radius 1 is 1.43 bits per heavy atom. The summed E-state index contributed by atoms with van der Waals surface area (Å²) in [5.41, 5.74) is 3.62. The SMILES string of the molecule is C=C=CCNC(=O)Cc1ccccc1. The zero-order chi connectivity index (χ0) is 10.2. The van der Waals surface area contributed by atoms with Gasteiger partial charge in [0.25, 0.3) is 0 Å². The number of hydrogen-bond acceptors (Lipinski definition) is 1. The average Bonchev–Trinajstić information content (AvgIpc) is 2.20. The van der Waals surface area contributed by atoms with Gasteiger partial charge < -0.3 is 5.32 Å². The predicted molar refractivity (Wildman–Crippen MR) is 56.9 cm³/mol. The molecular formula is C12H13NO. The summed E-state index contributed by atoms with van der Waals surface area (Å²) >= 11 is 0. The fourth-order valence-corrected chi connectivity index (χ4v) is 1.08. The molecule has 0 radical (unpaired) electrons. The van der Waals surface area contributed by atoms with Gasteiger partial charge in [-0.05, 0) is 11.6 Å². The van der Waals surface area contributed by atoms with Crippen LogP contribution in [-0.4, -0.2) is 12.5 Å². The molecule has 0 spiro atoms. The Morgan fingerprint density at radius 2 is 2.14 bits per heavy atom. The Labute approximate surface area is 84.0 Å². The van der Waals surface area contributed by atoms with Crippen molar-refractivity contribution in [1.29, 1.82) is 0 Å². The van der Waals surface area contributed by atoms with E-state index in [1.807, 2.05) is 30.3 Å². The topological polar surface area (TPSA) is 29.1 Å². The second-order valence-corrected chi connectivity index (χ2v) is 2.87. The molecule has 0 aliphatic carbocycles. The van der Waals surface area contributed by atoms with E-state index < -0.39 is 0 Å². The molecule has 1 amide bonds. The maximum absolute atomic E-state index is 11.3. The summed E-state index contributed by atoms with van der Waals surface area (Å²) in [5, 5.41) is 2.74. The number of amides is 1. The third-order valence-electron chi connectivity index (χ3n) is 1.75. The van der Waals surface area contributed by atoms with Crippen LogP contribution in [0.3, 0.4) is 0 Å². The minimum Gasteiger partial charge on any atom is -0.352 e. The van der Waals surface area contributed by atoms with Crippen LogP contribution in [0.4, 0.5) is 0 Å². The van der Waals surface area contributed by atoms with Gasteiger partial charge in [0.1, 0.15) is 0 Å². The minimum absolute atomic E-state index is 0.0164. The van der Waals surface area contributed by atoms with Crippen LogP contribution in [0.15, 0.2) is 48.7 Å². The number of hydrogen-bond donors (Lipinski definition) is 1. The molecule has 0 fully saturated rings. The predicted octanol–water partition coefficient (Wildman–Crippen LogP) is 1.69. The zero-order valence-electron chi connectivity index (χ0n) is 7.99. The number of carbonyl (C=O) groups is 1. The van der Waals surface area contributed by atoms with Crippen molar-refractivity contribution in [3.8, 4) is 0 Å². The van der Waals surface area contributed by atoms with Gasteiger partial charge in [-0.25, -0.2) is 0 Å². The summed E-state index contributed by atoms with van der Waals surface area (Å²) in [5.74, 6) is 0.0164. The fourth-order valence-electron chi connectivity index (χ4n) is 1.08. The lowest BCUT2D eigenvalue weighted by atomic mass is 10.1. The molecule has 0 atom stereocenters. The summed E-state index contributed by atoms with van der Waals surface area (Å²) in [7, 11) is 0. The molecular weight excluding hydrogens is 174 g/mol. The quantitative estimate of drug-likeness (QED) is 0.714. The van der Waals surface area contributed by atoms with Crippen molar-refractivity contribution in [3.63, 3.8) is 0 Å². The van der Waals surface area contributed by atoms with E-state index >= 15 is 0 Å². The minimum atomic E-state index is 0.0164. The van der Waals surface area contributed by atoms with Crippen LogP contribution in [0.1, 0.15) is 5.56 Å². The molecule has 0 saturated carbocycles. The van der Waals surface area contributed by atoms with Crippen molar-refractivity contribution in [2.75, 3.05) is 6.54 Å². The van der Waals surface area contributed by atoms with Crippen LogP contribution in [0, 0.1) is 0 Å². The highest BCUT2D eigenvalue weighted by Crippen LogP contribution is 1.98. The van der Waals surface area contributed by atoms with Crippen molar-refractivity contribution in [2.45, 2.75) is 6.42 Å². The summed E-state index contributed by atoms with van der Waals surface area (Å²) < 4.78 is 0. The van der Waals surface area contributed by atoms with E-state index in [4.69, 9.17) is 0 Å². The maximum Gasteiger partial charge on any atom is 0.224 e. The van der Waals surface area contributed by atoms with Gasteiger partial charge in [0.05, 0.1) is 6.42 Å². The summed E-state index contributed by atoms with van der Waals surface area (Å²) in [6.45, 7) is 3.90. The Bertz CT molecular complexity index is 337. The first kappa shape index (κ1) is 10.3. The smallest absolute Gasteiger partial charge is 0.224 e. The first-order chi connectivity index (χ1) is 6.83. The van der Waals surface area contributed by atoms with Gasteiger partial charge in [-0.1, -0.05) is 36.9 Å². The average molecular weight is 187 g/mol. The standard InChI is InChI=1S/C12H13NO/c1-2-3-9-13-12(14)10-11-7-5-4-6-8-11/h3-8H,1,9-10H2,(H,13,14). The van der Waals surface area contributed by atoms with E-state index in [0.717, 1.165) is 5.56 Å². The Kier molecular flexibility index (Phi) is 4.25. The van der Waals surface area contributed by atoms with Crippen LogP contribution in [-0.2, 0) is 11.2 Å². The molecule has 0 bridgehead atoms. The molecule has 0 aliphatic rings. The third-order valence-corrected chi connectivity index (χ3v) is 1.75. The largest absolute Gasteiger partial charge is 0.352 e. The number of benzene rings is 1. The lowest BCUT2D eigenvalue weighted by Gasteiger charge is -2.01. The molecule has 14 heavy (non-hydrogen) atoms. The molecule has 0 heterocycles. The Hall–Kier alpha value is -1.79. The van der Waals surface area contributed by atoms with E-state index in [1.54, 1.807) is 6.08 Å². The number of rotatable bonds is 4. The van der Waals surface area contributed by atoms with Crippen molar-refractivity contribution >= 4 is 5.91 Å². The normalized spacial score (nSPS) is 8.86. The van der Waals surface area contributed by atoms with Gasteiger partial charge in [0, 0.05) is 6.54 Å². The molecule has 1 N–H and O–H groups in total. The third kappa shape index (κ3) is 3.74. The number of nitrogens with one attached hydrogen (secondary N) is 1. The van der Waals surface area contributed by atoms with Crippen LogP contribution in [0.5, 0.6) is 0 Å². The van der Waals surface area contributed by atoms with E-state index in [9.17, 15) is 4.79 Å². The van der Waals surface area contributed by atoms with E-state index in [2.05, 4.69) is 17.6 Å². The van der Waals surface area contributed by atoms with Crippen molar-refractivity contribution in [1.82, 2.24) is 5.32 Å². The van der Waals surface area contributed by atoms with Crippen LogP contribution in [0.25, 0.3) is 0 Å². The number of carbonyl (C=O) groups excluding carboxylic acids is 1. The second kappa shape index (κ2) is 5.79. The Balaban J connectivity index is 2.38. The molecule has 72 valence electrons. The van der Waals surface area contributed by atoms with Gasteiger partial charge in [0.2, 0.25) is 5.91 Å². The van der Waals surface area contributed by atoms with Crippen LogP contribution in [0.2, 0.25) is 0 Å². The van der Waals surface area contributed by atoms with E-state index in [-0.39, 0.29) is 5.91 Å². The van der Waals surface area contributed by atoms with E-state index in [0.29, 0.717) is 13.0 Å². The van der Waals surface area contributed by atoms with E-state index in [1.165, 1.54) is 0 Å². The summed E-state index contributed by atoms with van der Waals surface area (Å²) in [6.07, 6.45) is 2.11. The highest BCUT2D eigenvalue weighted by Gasteiger charge is 1.99. The second-order valence-electron chi connectivity index (χ2n) is 2.87. The summed E-state index contributed by atoms with van der Waals surface area (Å²) in [4.78, 5) is 11.3. The molecule has 0 aliphatic heterocycles. The molecule has 2 nitrogen and oxygen atoms in total. The van der Waals surface area contributed by atoms with Crippen LogP contribution < -0.4 is 5.32 Å². The fraction of sp³-hybridized carbons (Fsp3) is 0.167.